The molecule has 1 aliphatic heterocycles. The molecule has 1 atom stereocenters. The highest BCUT2D eigenvalue weighted by Gasteiger charge is 2.14. The van der Waals surface area contributed by atoms with Gasteiger partial charge in [0.1, 0.15) is 11.8 Å². The number of ether oxygens (including phenoxy) is 1. The molecule has 1 aromatic carbocycles. The van der Waals surface area contributed by atoms with E-state index in [0.717, 1.165) is 18.0 Å². The number of benzene rings is 1. The first-order valence-corrected chi connectivity index (χ1v) is 6.83. The van der Waals surface area contributed by atoms with E-state index in [0.29, 0.717) is 6.04 Å². The minimum absolute atomic E-state index is 0.0949. The molecule has 1 heterocycles. The highest BCUT2D eigenvalue weighted by Crippen LogP contribution is 2.20. The van der Waals surface area contributed by atoms with E-state index >= 15 is 0 Å². The minimum Gasteiger partial charge on any atom is -0.479 e. The number of nitriles is 1. The molecule has 0 spiro atoms. The van der Waals surface area contributed by atoms with Gasteiger partial charge in [-0.05, 0) is 51.5 Å². The third-order valence-corrected chi connectivity index (χ3v) is 3.46. The Balaban J connectivity index is 1.92. The maximum atomic E-state index is 8.52. The first-order chi connectivity index (χ1) is 9.28. The molecule has 1 aliphatic rings. The monoisotopic (exact) mass is 259 g/mol. The molecule has 1 N–H and O–H groups in total. The Bertz CT molecular complexity index is 441. The summed E-state index contributed by atoms with van der Waals surface area (Å²) in [7, 11) is 2.18. The average Bonchev–Trinajstić information content (AvgIpc) is 2.62. The molecule has 4 nitrogen and oxygen atoms in total. The van der Waals surface area contributed by atoms with Crippen molar-refractivity contribution in [3.63, 3.8) is 0 Å². The van der Waals surface area contributed by atoms with Gasteiger partial charge in [-0.2, -0.15) is 5.26 Å². The number of hydrogen-bond acceptors (Lipinski definition) is 4. The zero-order valence-electron chi connectivity index (χ0n) is 11.4. The van der Waals surface area contributed by atoms with E-state index in [-0.39, 0.29) is 6.61 Å². The molecule has 1 unspecified atom stereocenters. The molecule has 2 rings (SSSR count). The summed E-state index contributed by atoms with van der Waals surface area (Å²) in [6, 6.07) is 10.4. The SMILES string of the molecule is CN1CCCC(Nc2cccc(OCC#N)c2)CC1. The predicted octanol–water partition coefficient (Wildman–Crippen LogP) is 2.49. The van der Waals surface area contributed by atoms with Gasteiger partial charge in [-0.25, -0.2) is 0 Å². The van der Waals surface area contributed by atoms with Crippen LogP contribution in [-0.2, 0) is 0 Å². The Kier molecular flexibility index (Phi) is 5.05. The maximum Gasteiger partial charge on any atom is 0.174 e. The summed E-state index contributed by atoms with van der Waals surface area (Å²) in [5.74, 6) is 0.747. The largest absolute Gasteiger partial charge is 0.479 e. The molecule has 0 radical (unpaired) electrons. The van der Waals surface area contributed by atoms with Gasteiger partial charge in [0.05, 0.1) is 0 Å². The molecule has 19 heavy (non-hydrogen) atoms. The summed E-state index contributed by atoms with van der Waals surface area (Å²) >= 11 is 0. The fourth-order valence-electron chi connectivity index (χ4n) is 2.41. The Hall–Kier alpha value is -1.73. The van der Waals surface area contributed by atoms with E-state index in [1.54, 1.807) is 0 Å². The molecule has 1 saturated heterocycles. The van der Waals surface area contributed by atoms with Crippen molar-refractivity contribution in [2.24, 2.45) is 0 Å². The van der Waals surface area contributed by atoms with Gasteiger partial charge in [0.25, 0.3) is 0 Å². The smallest absolute Gasteiger partial charge is 0.174 e. The van der Waals surface area contributed by atoms with Crippen LogP contribution in [0.15, 0.2) is 24.3 Å². The first-order valence-electron chi connectivity index (χ1n) is 6.83. The minimum atomic E-state index is 0.0949. The summed E-state index contributed by atoms with van der Waals surface area (Å²) in [5, 5.41) is 12.1. The molecule has 1 aromatic rings. The van der Waals surface area contributed by atoms with Crippen LogP contribution < -0.4 is 10.1 Å². The van der Waals surface area contributed by atoms with Gasteiger partial charge in [-0.3, -0.25) is 0 Å². The van der Waals surface area contributed by atoms with E-state index in [4.69, 9.17) is 10.00 Å². The molecule has 0 aromatic heterocycles. The zero-order chi connectivity index (χ0) is 13.5. The third kappa shape index (κ3) is 4.46. The van der Waals surface area contributed by atoms with Crippen molar-refractivity contribution < 1.29 is 4.74 Å². The van der Waals surface area contributed by atoms with Crippen molar-refractivity contribution in [2.75, 3.05) is 32.1 Å². The van der Waals surface area contributed by atoms with Gasteiger partial charge >= 0.3 is 0 Å². The number of hydrogen-bond donors (Lipinski definition) is 1. The number of nitrogens with one attached hydrogen (secondary N) is 1. The van der Waals surface area contributed by atoms with Crippen LogP contribution in [0.1, 0.15) is 19.3 Å². The maximum absolute atomic E-state index is 8.52. The van der Waals surface area contributed by atoms with Gasteiger partial charge < -0.3 is 15.0 Å². The second kappa shape index (κ2) is 7.01. The lowest BCUT2D eigenvalue weighted by molar-refractivity contribution is 0.348. The van der Waals surface area contributed by atoms with Crippen molar-refractivity contribution in [1.29, 1.82) is 5.26 Å². The van der Waals surface area contributed by atoms with Crippen molar-refractivity contribution in [1.82, 2.24) is 4.90 Å². The van der Waals surface area contributed by atoms with Crippen LogP contribution in [0.2, 0.25) is 0 Å². The highest BCUT2D eigenvalue weighted by atomic mass is 16.5. The van der Waals surface area contributed by atoms with Gasteiger partial charge in [-0.1, -0.05) is 6.07 Å². The van der Waals surface area contributed by atoms with E-state index in [9.17, 15) is 0 Å². The second-order valence-electron chi connectivity index (χ2n) is 5.05. The first kappa shape index (κ1) is 13.7. The van der Waals surface area contributed by atoms with Crippen LogP contribution in [0.3, 0.4) is 0 Å². The molecule has 0 bridgehead atoms. The lowest BCUT2D eigenvalue weighted by Gasteiger charge is -2.18. The number of likely N-dealkylation sites (tertiary alicyclic amines) is 1. The number of nitrogens with zero attached hydrogens (tertiary/aromatic N) is 2. The topological polar surface area (TPSA) is 48.3 Å². The molecule has 0 aliphatic carbocycles. The zero-order valence-corrected chi connectivity index (χ0v) is 11.4. The molecule has 1 fully saturated rings. The van der Waals surface area contributed by atoms with E-state index < -0.39 is 0 Å². The summed E-state index contributed by atoms with van der Waals surface area (Å²) in [6.07, 6.45) is 3.60. The quantitative estimate of drug-likeness (QED) is 0.902. The highest BCUT2D eigenvalue weighted by molar-refractivity contribution is 5.48. The number of anilines is 1. The summed E-state index contributed by atoms with van der Waals surface area (Å²) < 4.78 is 5.32. The summed E-state index contributed by atoms with van der Waals surface area (Å²) in [5.41, 5.74) is 1.07. The van der Waals surface area contributed by atoms with Crippen LogP contribution in [0.25, 0.3) is 0 Å². The molecule has 0 saturated carbocycles. The fourth-order valence-corrected chi connectivity index (χ4v) is 2.41. The van der Waals surface area contributed by atoms with E-state index in [1.165, 1.54) is 25.8 Å². The predicted molar refractivity (Wildman–Crippen MR) is 76.3 cm³/mol. The Labute approximate surface area is 115 Å². The van der Waals surface area contributed by atoms with Crippen LogP contribution in [-0.4, -0.2) is 37.7 Å². The molecule has 0 amide bonds. The van der Waals surface area contributed by atoms with Crippen LogP contribution in [0, 0.1) is 11.3 Å². The molecule has 4 heteroatoms. The van der Waals surface area contributed by atoms with E-state index in [1.807, 2.05) is 30.3 Å². The van der Waals surface area contributed by atoms with Gasteiger partial charge in [-0.15, -0.1) is 0 Å². The van der Waals surface area contributed by atoms with Crippen molar-refractivity contribution in [3.05, 3.63) is 24.3 Å². The second-order valence-corrected chi connectivity index (χ2v) is 5.05. The Morgan fingerprint density at radius 2 is 2.32 bits per heavy atom. The van der Waals surface area contributed by atoms with Gasteiger partial charge in [0.15, 0.2) is 6.61 Å². The Morgan fingerprint density at radius 1 is 1.42 bits per heavy atom. The van der Waals surface area contributed by atoms with Crippen LogP contribution in [0.4, 0.5) is 5.69 Å². The van der Waals surface area contributed by atoms with Crippen molar-refractivity contribution in [3.8, 4) is 11.8 Å². The number of rotatable bonds is 4. The van der Waals surface area contributed by atoms with Gasteiger partial charge in [0.2, 0.25) is 0 Å². The fraction of sp³-hybridized carbons (Fsp3) is 0.533. The van der Waals surface area contributed by atoms with E-state index in [2.05, 4.69) is 17.3 Å². The Morgan fingerprint density at radius 3 is 3.16 bits per heavy atom. The average molecular weight is 259 g/mol. The van der Waals surface area contributed by atoms with Crippen molar-refractivity contribution in [2.45, 2.75) is 25.3 Å². The summed E-state index contributed by atoms with van der Waals surface area (Å²) in [4.78, 5) is 2.38. The lowest BCUT2D eigenvalue weighted by Crippen LogP contribution is -2.22. The summed E-state index contributed by atoms with van der Waals surface area (Å²) in [6.45, 7) is 2.42. The van der Waals surface area contributed by atoms with Crippen molar-refractivity contribution >= 4 is 5.69 Å². The normalized spacial score (nSPS) is 20.3. The lowest BCUT2D eigenvalue weighted by atomic mass is 10.1. The van der Waals surface area contributed by atoms with Gasteiger partial charge in [0, 0.05) is 17.8 Å². The van der Waals surface area contributed by atoms with Crippen LogP contribution in [0.5, 0.6) is 5.75 Å². The standard InChI is InChI=1S/C15H21N3O/c1-18-9-3-5-13(7-10-18)17-14-4-2-6-15(12-14)19-11-8-16/h2,4,6,12-13,17H,3,5,7,9-11H2,1H3. The molecule has 102 valence electrons. The molecular weight excluding hydrogens is 238 g/mol. The molecular formula is C15H21N3O. The third-order valence-electron chi connectivity index (χ3n) is 3.46. The van der Waals surface area contributed by atoms with Crippen LogP contribution >= 0.6 is 0 Å².